The van der Waals surface area contributed by atoms with Crippen molar-refractivity contribution in [3.8, 4) is 11.5 Å². The Hall–Kier alpha value is -2.47. The molecule has 0 bridgehead atoms. The fourth-order valence-electron chi connectivity index (χ4n) is 3.62. The summed E-state index contributed by atoms with van der Waals surface area (Å²) in [5, 5.41) is 2.87. The average molecular weight is 398 g/mol. The summed E-state index contributed by atoms with van der Waals surface area (Å²) in [4.78, 5) is 31.3. The van der Waals surface area contributed by atoms with Crippen molar-refractivity contribution in [2.75, 3.05) is 26.2 Å². The number of aromatic nitrogens is 1. The Morgan fingerprint density at radius 1 is 1.07 bits per heavy atom. The van der Waals surface area contributed by atoms with Crippen LogP contribution in [0.5, 0.6) is 0 Å². The zero-order valence-electron chi connectivity index (χ0n) is 17.5. The molecule has 1 aliphatic rings. The van der Waals surface area contributed by atoms with Crippen LogP contribution in [0.25, 0.3) is 11.5 Å². The Kier molecular flexibility index (Phi) is 7.58. The maximum Gasteiger partial charge on any atom is 0.227 e. The number of Topliss-reactive ketones (excluding diaryl/α,β-unsaturated/α-hetero) is 1. The van der Waals surface area contributed by atoms with Crippen molar-refractivity contribution in [1.82, 2.24) is 15.2 Å². The molecule has 2 aromatic rings. The first-order valence-electron chi connectivity index (χ1n) is 10.6. The fourth-order valence-corrected chi connectivity index (χ4v) is 3.62. The predicted octanol–water partition coefficient (Wildman–Crippen LogP) is 3.45. The minimum Gasteiger partial charge on any atom is -0.441 e. The number of carbonyl (C=O) groups is 2. The standard InChI is InChI=1S/C23H31N3O3/c1-17-7-9-19(10-8-17)23-25-21(18(2)29-23)15-20(27)16-22(28)24-11-14-26-12-5-3-4-6-13-26/h7-10H,3-6,11-16H2,1-2H3,(H,24,28). The molecular weight excluding hydrogens is 366 g/mol. The van der Waals surface area contributed by atoms with E-state index in [4.69, 9.17) is 4.42 Å². The van der Waals surface area contributed by atoms with Crippen LogP contribution in [0.15, 0.2) is 28.7 Å². The normalized spacial score (nSPS) is 15.1. The summed E-state index contributed by atoms with van der Waals surface area (Å²) in [5.41, 5.74) is 2.64. The van der Waals surface area contributed by atoms with Crippen molar-refractivity contribution in [1.29, 1.82) is 0 Å². The molecule has 0 spiro atoms. The monoisotopic (exact) mass is 397 g/mol. The number of nitrogens with one attached hydrogen (secondary N) is 1. The van der Waals surface area contributed by atoms with Gasteiger partial charge in [0.25, 0.3) is 0 Å². The van der Waals surface area contributed by atoms with Gasteiger partial charge in [-0.15, -0.1) is 0 Å². The summed E-state index contributed by atoms with van der Waals surface area (Å²) in [5.74, 6) is 0.761. The van der Waals surface area contributed by atoms with Crippen molar-refractivity contribution >= 4 is 11.7 Å². The summed E-state index contributed by atoms with van der Waals surface area (Å²) in [6.07, 6.45) is 5.05. The number of carbonyl (C=O) groups excluding carboxylic acids is 2. The van der Waals surface area contributed by atoms with Crippen LogP contribution in [0.1, 0.15) is 49.1 Å². The molecule has 0 saturated carbocycles. The van der Waals surface area contributed by atoms with E-state index >= 15 is 0 Å². The molecule has 3 rings (SSSR count). The second kappa shape index (κ2) is 10.3. The second-order valence-electron chi connectivity index (χ2n) is 7.89. The molecule has 1 aromatic heterocycles. The molecule has 1 aromatic carbocycles. The van der Waals surface area contributed by atoms with Gasteiger partial charge in [0, 0.05) is 18.7 Å². The van der Waals surface area contributed by atoms with Gasteiger partial charge in [0.15, 0.2) is 0 Å². The molecule has 6 nitrogen and oxygen atoms in total. The van der Waals surface area contributed by atoms with Gasteiger partial charge in [-0.05, 0) is 51.9 Å². The molecule has 0 unspecified atom stereocenters. The molecule has 0 aliphatic carbocycles. The highest BCUT2D eigenvalue weighted by molar-refractivity contribution is 5.98. The molecule has 1 saturated heterocycles. The Morgan fingerprint density at radius 2 is 1.76 bits per heavy atom. The van der Waals surface area contributed by atoms with Gasteiger partial charge >= 0.3 is 0 Å². The quantitative estimate of drug-likeness (QED) is 0.691. The van der Waals surface area contributed by atoms with Gasteiger partial charge < -0.3 is 14.6 Å². The number of hydrogen-bond donors (Lipinski definition) is 1. The van der Waals surface area contributed by atoms with Crippen molar-refractivity contribution < 1.29 is 14.0 Å². The third-order valence-corrected chi connectivity index (χ3v) is 5.36. The summed E-state index contributed by atoms with van der Waals surface area (Å²) < 4.78 is 5.72. The van der Waals surface area contributed by atoms with Crippen LogP contribution in [0.2, 0.25) is 0 Å². The lowest BCUT2D eigenvalue weighted by Crippen LogP contribution is -2.36. The van der Waals surface area contributed by atoms with Crippen LogP contribution in [0.4, 0.5) is 0 Å². The lowest BCUT2D eigenvalue weighted by atomic mass is 10.1. The maximum absolute atomic E-state index is 12.3. The molecule has 0 radical (unpaired) electrons. The van der Waals surface area contributed by atoms with Crippen LogP contribution in [0.3, 0.4) is 0 Å². The van der Waals surface area contributed by atoms with Crippen molar-refractivity contribution in [3.63, 3.8) is 0 Å². The summed E-state index contributed by atoms with van der Waals surface area (Å²) >= 11 is 0. The van der Waals surface area contributed by atoms with Gasteiger partial charge in [-0.2, -0.15) is 0 Å². The minimum absolute atomic E-state index is 0.112. The molecule has 1 amide bonds. The van der Waals surface area contributed by atoms with Gasteiger partial charge in [-0.25, -0.2) is 4.98 Å². The first-order chi connectivity index (χ1) is 14.0. The van der Waals surface area contributed by atoms with Gasteiger partial charge in [0.1, 0.15) is 11.5 Å². The van der Waals surface area contributed by atoms with E-state index in [9.17, 15) is 9.59 Å². The molecule has 0 atom stereocenters. The van der Waals surface area contributed by atoms with Gasteiger partial charge in [-0.1, -0.05) is 30.5 Å². The Labute approximate surface area is 172 Å². The highest BCUT2D eigenvalue weighted by Gasteiger charge is 2.17. The maximum atomic E-state index is 12.3. The van der Waals surface area contributed by atoms with E-state index in [-0.39, 0.29) is 24.5 Å². The molecule has 1 aliphatic heterocycles. The molecule has 1 fully saturated rings. The van der Waals surface area contributed by atoms with Crippen LogP contribution in [0, 0.1) is 13.8 Å². The Balaban J connectivity index is 1.45. The van der Waals surface area contributed by atoms with Crippen LogP contribution < -0.4 is 5.32 Å². The average Bonchev–Trinajstić information content (AvgIpc) is 2.88. The fraction of sp³-hybridized carbons (Fsp3) is 0.522. The van der Waals surface area contributed by atoms with Crippen molar-refractivity contribution in [3.05, 3.63) is 41.3 Å². The van der Waals surface area contributed by atoms with E-state index in [0.29, 0.717) is 23.9 Å². The molecule has 156 valence electrons. The zero-order valence-corrected chi connectivity index (χ0v) is 17.5. The first kappa shape index (κ1) is 21.2. The first-order valence-corrected chi connectivity index (χ1v) is 10.6. The number of oxazole rings is 1. The second-order valence-corrected chi connectivity index (χ2v) is 7.89. The zero-order chi connectivity index (χ0) is 20.6. The summed E-state index contributed by atoms with van der Waals surface area (Å²) in [7, 11) is 0. The highest BCUT2D eigenvalue weighted by atomic mass is 16.4. The summed E-state index contributed by atoms with van der Waals surface area (Å²) in [6.45, 7) is 7.46. The third-order valence-electron chi connectivity index (χ3n) is 5.36. The van der Waals surface area contributed by atoms with E-state index in [1.807, 2.05) is 31.2 Å². The molecule has 2 heterocycles. The number of likely N-dealkylation sites (tertiary alicyclic amines) is 1. The predicted molar refractivity (Wildman–Crippen MR) is 113 cm³/mol. The summed E-state index contributed by atoms with van der Waals surface area (Å²) in [6, 6.07) is 7.89. The molecule has 1 N–H and O–H groups in total. The van der Waals surface area contributed by atoms with Crippen LogP contribution >= 0.6 is 0 Å². The smallest absolute Gasteiger partial charge is 0.227 e. The van der Waals surface area contributed by atoms with E-state index in [1.54, 1.807) is 6.92 Å². The topological polar surface area (TPSA) is 75.4 Å². The number of amides is 1. The van der Waals surface area contributed by atoms with Gasteiger partial charge in [0.05, 0.1) is 18.5 Å². The Bertz CT molecular complexity index is 818. The lowest BCUT2D eigenvalue weighted by molar-refractivity contribution is -0.127. The number of rotatable bonds is 8. The van der Waals surface area contributed by atoms with Crippen LogP contribution in [-0.2, 0) is 16.0 Å². The lowest BCUT2D eigenvalue weighted by Gasteiger charge is -2.19. The van der Waals surface area contributed by atoms with Crippen LogP contribution in [-0.4, -0.2) is 47.8 Å². The highest BCUT2D eigenvalue weighted by Crippen LogP contribution is 2.22. The SMILES string of the molecule is Cc1ccc(-c2nc(CC(=O)CC(=O)NCCN3CCCCCC3)c(C)o2)cc1. The Morgan fingerprint density at radius 3 is 2.45 bits per heavy atom. The number of aryl methyl sites for hydroxylation is 2. The minimum atomic E-state index is -0.218. The van der Waals surface area contributed by atoms with Crippen molar-refractivity contribution in [2.45, 2.75) is 52.4 Å². The van der Waals surface area contributed by atoms with Gasteiger partial charge in [-0.3, -0.25) is 9.59 Å². The largest absolute Gasteiger partial charge is 0.441 e. The molecule has 29 heavy (non-hydrogen) atoms. The van der Waals surface area contributed by atoms with E-state index in [2.05, 4.69) is 15.2 Å². The number of benzene rings is 1. The van der Waals surface area contributed by atoms with E-state index in [1.165, 1.54) is 25.7 Å². The van der Waals surface area contributed by atoms with Crippen molar-refractivity contribution in [2.24, 2.45) is 0 Å². The number of nitrogens with zero attached hydrogens (tertiary/aromatic N) is 2. The molecular formula is C23H31N3O3. The third kappa shape index (κ3) is 6.53. The molecule has 6 heteroatoms. The number of ketones is 1. The van der Waals surface area contributed by atoms with E-state index in [0.717, 1.165) is 30.8 Å². The van der Waals surface area contributed by atoms with Gasteiger partial charge in [0.2, 0.25) is 11.8 Å². The number of hydrogen-bond acceptors (Lipinski definition) is 5. The van der Waals surface area contributed by atoms with E-state index < -0.39 is 0 Å².